The molecule has 0 aliphatic heterocycles. The lowest BCUT2D eigenvalue weighted by atomic mass is 10.0. The Bertz CT molecular complexity index is 1350. The van der Waals surface area contributed by atoms with Crippen LogP contribution in [0.5, 0.6) is 0 Å². The molecule has 0 fully saturated rings. The zero-order valence-electron chi connectivity index (χ0n) is 21.3. The number of halogens is 2. The van der Waals surface area contributed by atoms with Gasteiger partial charge in [-0.05, 0) is 41.8 Å². The first-order valence-electron chi connectivity index (χ1n) is 12.2. The van der Waals surface area contributed by atoms with Crippen LogP contribution < -0.4 is 9.62 Å². The second-order valence-corrected chi connectivity index (χ2v) is 11.6. The quantitative estimate of drug-likeness (QED) is 0.332. The molecule has 0 saturated heterocycles. The second kappa shape index (κ2) is 13.6. The summed E-state index contributed by atoms with van der Waals surface area (Å²) in [6.07, 6.45) is 1.98. The van der Waals surface area contributed by atoms with Crippen molar-refractivity contribution in [1.82, 2.24) is 10.2 Å². The average Bonchev–Trinajstić information content (AvgIpc) is 2.88. The van der Waals surface area contributed by atoms with Crippen molar-refractivity contribution in [1.29, 1.82) is 0 Å². The van der Waals surface area contributed by atoms with Crippen LogP contribution in [0.1, 0.15) is 24.5 Å². The first-order valence-corrected chi connectivity index (χ1v) is 14.8. The molecule has 1 N–H and O–H groups in total. The molecule has 202 valence electrons. The Morgan fingerprint density at radius 2 is 1.63 bits per heavy atom. The highest BCUT2D eigenvalue weighted by Crippen LogP contribution is 2.24. The number of carbonyl (C=O) groups is 2. The molecule has 3 rings (SSSR count). The number of sulfonamides is 1. The van der Waals surface area contributed by atoms with E-state index in [1.807, 2.05) is 37.3 Å². The van der Waals surface area contributed by atoms with Gasteiger partial charge >= 0.3 is 0 Å². The predicted molar refractivity (Wildman–Crippen MR) is 153 cm³/mol. The zero-order chi connectivity index (χ0) is 27.7. The molecule has 7 nitrogen and oxygen atoms in total. The van der Waals surface area contributed by atoms with E-state index in [0.717, 1.165) is 22.5 Å². The largest absolute Gasteiger partial charge is 0.354 e. The number of hydrogen-bond donors (Lipinski definition) is 1. The normalized spacial score (nSPS) is 12.0. The van der Waals surface area contributed by atoms with Crippen molar-refractivity contribution in [2.24, 2.45) is 0 Å². The number of anilines is 1. The molecule has 0 bridgehead atoms. The third kappa shape index (κ3) is 8.21. The van der Waals surface area contributed by atoms with Crippen molar-refractivity contribution >= 4 is 50.7 Å². The van der Waals surface area contributed by atoms with Crippen LogP contribution in [0.2, 0.25) is 10.0 Å². The molecular formula is C28H31Cl2N3O4S. The smallest absolute Gasteiger partial charge is 0.244 e. The maximum absolute atomic E-state index is 13.9. The van der Waals surface area contributed by atoms with Crippen molar-refractivity contribution in [2.45, 2.75) is 32.4 Å². The van der Waals surface area contributed by atoms with E-state index in [1.54, 1.807) is 42.5 Å². The monoisotopic (exact) mass is 575 g/mol. The molecule has 2 amide bonds. The van der Waals surface area contributed by atoms with E-state index in [9.17, 15) is 18.0 Å². The minimum atomic E-state index is -3.86. The molecule has 0 heterocycles. The highest BCUT2D eigenvalue weighted by Gasteiger charge is 2.33. The van der Waals surface area contributed by atoms with Gasteiger partial charge in [-0.3, -0.25) is 13.9 Å². The van der Waals surface area contributed by atoms with E-state index in [0.29, 0.717) is 22.2 Å². The van der Waals surface area contributed by atoms with Crippen LogP contribution in [-0.4, -0.2) is 50.5 Å². The molecule has 0 saturated carbocycles. The Morgan fingerprint density at radius 1 is 0.947 bits per heavy atom. The van der Waals surface area contributed by atoms with Crippen molar-refractivity contribution in [3.8, 4) is 0 Å². The summed E-state index contributed by atoms with van der Waals surface area (Å²) < 4.78 is 26.5. The highest BCUT2D eigenvalue weighted by molar-refractivity contribution is 7.92. The summed E-state index contributed by atoms with van der Waals surface area (Å²) in [6, 6.07) is 21.8. The minimum Gasteiger partial charge on any atom is -0.354 e. The minimum absolute atomic E-state index is 0.0166. The Labute approximate surface area is 234 Å². The van der Waals surface area contributed by atoms with Crippen LogP contribution in [0.4, 0.5) is 5.69 Å². The van der Waals surface area contributed by atoms with Crippen molar-refractivity contribution < 1.29 is 18.0 Å². The third-order valence-electron chi connectivity index (χ3n) is 5.89. The summed E-state index contributed by atoms with van der Waals surface area (Å²) in [5, 5.41) is 3.66. The van der Waals surface area contributed by atoms with E-state index in [-0.39, 0.29) is 24.6 Å². The van der Waals surface area contributed by atoms with Crippen LogP contribution in [0.15, 0.2) is 78.9 Å². The molecule has 1 atom stereocenters. The predicted octanol–water partition coefficient (Wildman–Crippen LogP) is 4.93. The summed E-state index contributed by atoms with van der Waals surface area (Å²) in [5.74, 6) is -0.882. The summed E-state index contributed by atoms with van der Waals surface area (Å²) in [4.78, 5) is 28.8. The Morgan fingerprint density at radius 3 is 2.26 bits per heavy atom. The van der Waals surface area contributed by atoms with Crippen LogP contribution in [0.25, 0.3) is 0 Å². The van der Waals surface area contributed by atoms with E-state index in [2.05, 4.69) is 5.32 Å². The number of benzene rings is 3. The number of carbonyl (C=O) groups excluding carboxylic acids is 2. The van der Waals surface area contributed by atoms with E-state index in [1.165, 1.54) is 11.0 Å². The van der Waals surface area contributed by atoms with Gasteiger partial charge < -0.3 is 10.2 Å². The van der Waals surface area contributed by atoms with Gasteiger partial charge in [-0.2, -0.15) is 0 Å². The molecule has 3 aromatic rings. The fourth-order valence-corrected chi connectivity index (χ4v) is 5.20. The molecule has 38 heavy (non-hydrogen) atoms. The maximum atomic E-state index is 13.9. The molecule has 10 heteroatoms. The van der Waals surface area contributed by atoms with Crippen LogP contribution in [0.3, 0.4) is 0 Å². The molecule has 0 spiro atoms. The van der Waals surface area contributed by atoms with Gasteiger partial charge in [-0.25, -0.2) is 8.42 Å². The topological polar surface area (TPSA) is 86.8 Å². The molecule has 3 aromatic carbocycles. The van der Waals surface area contributed by atoms with Crippen molar-refractivity contribution in [3.63, 3.8) is 0 Å². The van der Waals surface area contributed by atoms with Crippen molar-refractivity contribution in [3.05, 3.63) is 100 Å². The summed E-state index contributed by atoms with van der Waals surface area (Å²) >= 11 is 12.5. The fraction of sp³-hybridized carbons (Fsp3) is 0.286. The SMILES string of the molecule is CCCNC(=O)[C@@H](Cc1ccccc1)N(Cc1ccccc1Cl)C(=O)CN(c1cccc(Cl)c1)S(C)(=O)=O. The molecular weight excluding hydrogens is 545 g/mol. The number of nitrogens with one attached hydrogen (secondary N) is 1. The summed E-state index contributed by atoms with van der Waals surface area (Å²) in [7, 11) is -3.86. The molecule has 0 radical (unpaired) electrons. The van der Waals surface area contributed by atoms with Gasteiger partial charge in [-0.15, -0.1) is 0 Å². The average molecular weight is 577 g/mol. The zero-order valence-corrected chi connectivity index (χ0v) is 23.6. The molecule has 0 aliphatic rings. The lowest BCUT2D eigenvalue weighted by Gasteiger charge is -2.33. The first-order chi connectivity index (χ1) is 18.1. The standard InChI is InChI=1S/C28H31Cl2N3O4S/c1-3-16-31-28(35)26(17-21-10-5-4-6-11-21)32(19-22-12-7-8-15-25(22)30)27(34)20-33(38(2,36)37)24-14-9-13-23(29)18-24/h4-15,18,26H,3,16-17,19-20H2,1-2H3,(H,31,35)/t26-/m1/s1. The van der Waals surface area contributed by atoms with Gasteiger partial charge in [0.2, 0.25) is 21.8 Å². The third-order valence-corrected chi connectivity index (χ3v) is 7.64. The van der Waals surface area contributed by atoms with Gasteiger partial charge in [0.1, 0.15) is 12.6 Å². The van der Waals surface area contributed by atoms with Gasteiger partial charge in [0.05, 0.1) is 11.9 Å². The first kappa shape index (κ1) is 29.5. The highest BCUT2D eigenvalue weighted by atomic mass is 35.5. The lowest BCUT2D eigenvalue weighted by Crippen LogP contribution is -2.53. The number of amides is 2. The maximum Gasteiger partial charge on any atom is 0.244 e. The van der Waals surface area contributed by atoms with Crippen LogP contribution in [0, 0.1) is 0 Å². The van der Waals surface area contributed by atoms with Crippen LogP contribution in [-0.2, 0) is 32.6 Å². The Balaban J connectivity index is 2.05. The van der Waals surface area contributed by atoms with Crippen LogP contribution >= 0.6 is 23.2 Å². The molecule has 0 unspecified atom stereocenters. The number of hydrogen-bond acceptors (Lipinski definition) is 4. The van der Waals surface area contributed by atoms with Gasteiger partial charge in [0.15, 0.2) is 0 Å². The summed E-state index contributed by atoms with van der Waals surface area (Å²) in [5.41, 5.74) is 1.74. The van der Waals surface area contributed by atoms with E-state index >= 15 is 0 Å². The summed E-state index contributed by atoms with van der Waals surface area (Å²) in [6.45, 7) is 1.88. The van der Waals surface area contributed by atoms with Crippen molar-refractivity contribution in [2.75, 3.05) is 23.7 Å². The van der Waals surface area contributed by atoms with E-state index < -0.39 is 28.5 Å². The second-order valence-electron chi connectivity index (χ2n) is 8.86. The molecule has 0 aromatic heterocycles. The fourth-order valence-electron chi connectivity index (χ4n) is 3.98. The van der Waals surface area contributed by atoms with Gasteiger partial charge in [-0.1, -0.05) is 84.7 Å². The Hall–Kier alpha value is -3.07. The van der Waals surface area contributed by atoms with E-state index in [4.69, 9.17) is 23.2 Å². The molecule has 0 aliphatic carbocycles. The van der Waals surface area contributed by atoms with Gasteiger partial charge in [0, 0.05) is 29.6 Å². The number of rotatable bonds is 12. The number of nitrogens with zero attached hydrogens (tertiary/aromatic N) is 2. The lowest BCUT2D eigenvalue weighted by molar-refractivity contribution is -0.140. The Kier molecular flexibility index (Phi) is 10.6. The van der Waals surface area contributed by atoms with Gasteiger partial charge in [0.25, 0.3) is 0 Å².